The fourth-order valence-corrected chi connectivity index (χ4v) is 3.43. The van der Waals surface area contributed by atoms with Crippen LogP contribution in [0.5, 0.6) is 0 Å². The van der Waals surface area contributed by atoms with E-state index in [9.17, 15) is 4.79 Å². The molecule has 0 aliphatic carbocycles. The summed E-state index contributed by atoms with van der Waals surface area (Å²) in [5.74, 6) is 0.345. The summed E-state index contributed by atoms with van der Waals surface area (Å²) in [5.41, 5.74) is 0. The van der Waals surface area contributed by atoms with Crippen LogP contribution in [0, 0.1) is 0 Å². The molecule has 15 heavy (non-hydrogen) atoms. The van der Waals surface area contributed by atoms with Crippen molar-refractivity contribution in [1.82, 2.24) is 5.32 Å². The SMILES string of the molecule is O=C(Cc1sccc1Br)CC1CCCN1. The van der Waals surface area contributed by atoms with Crippen LogP contribution >= 0.6 is 27.3 Å². The first-order valence-corrected chi connectivity index (χ1v) is 6.90. The Balaban J connectivity index is 1.84. The first-order chi connectivity index (χ1) is 7.25. The van der Waals surface area contributed by atoms with Crippen LogP contribution in [0.4, 0.5) is 0 Å². The number of hydrogen-bond acceptors (Lipinski definition) is 3. The summed E-state index contributed by atoms with van der Waals surface area (Å²) >= 11 is 5.10. The molecule has 2 nitrogen and oxygen atoms in total. The molecule has 4 heteroatoms. The molecule has 0 amide bonds. The van der Waals surface area contributed by atoms with Crippen molar-refractivity contribution in [2.45, 2.75) is 31.7 Å². The third-order valence-electron chi connectivity index (χ3n) is 2.69. The van der Waals surface area contributed by atoms with Gasteiger partial charge in [0.2, 0.25) is 0 Å². The van der Waals surface area contributed by atoms with Gasteiger partial charge in [0.15, 0.2) is 0 Å². The van der Waals surface area contributed by atoms with Gasteiger partial charge in [-0.15, -0.1) is 11.3 Å². The van der Waals surface area contributed by atoms with E-state index in [-0.39, 0.29) is 0 Å². The van der Waals surface area contributed by atoms with Gasteiger partial charge in [-0.1, -0.05) is 0 Å². The number of carbonyl (C=O) groups excluding carboxylic acids is 1. The van der Waals surface area contributed by atoms with Crippen molar-refractivity contribution < 1.29 is 4.79 Å². The monoisotopic (exact) mass is 287 g/mol. The van der Waals surface area contributed by atoms with Gasteiger partial charge < -0.3 is 5.32 Å². The molecule has 1 N–H and O–H groups in total. The van der Waals surface area contributed by atoms with Gasteiger partial charge >= 0.3 is 0 Å². The van der Waals surface area contributed by atoms with Gasteiger partial charge in [-0.2, -0.15) is 0 Å². The van der Waals surface area contributed by atoms with Crippen LogP contribution in [0.3, 0.4) is 0 Å². The Kier molecular flexibility index (Phi) is 3.94. The fraction of sp³-hybridized carbons (Fsp3) is 0.545. The molecule has 1 fully saturated rings. The first-order valence-electron chi connectivity index (χ1n) is 5.22. The maximum atomic E-state index is 11.8. The number of ketones is 1. The Morgan fingerprint density at radius 2 is 2.53 bits per heavy atom. The summed E-state index contributed by atoms with van der Waals surface area (Å²) in [6, 6.07) is 2.43. The van der Waals surface area contributed by atoms with E-state index in [1.807, 2.05) is 11.4 Å². The van der Waals surface area contributed by atoms with Crippen LogP contribution in [-0.2, 0) is 11.2 Å². The summed E-state index contributed by atoms with van der Waals surface area (Å²) in [7, 11) is 0. The number of carbonyl (C=O) groups is 1. The van der Waals surface area contributed by atoms with Crippen molar-refractivity contribution >= 4 is 33.0 Å². The number of nitrogens with one attached hydrogen (secondary N) is 1. The normalized spacial score (nSPS) is 20.7. The Hall–Kier alpha value is -0.190. The van der Waals surface area contributed by atoms with Gasteiger partial charge in [-0.3, -0.25) is 4.79 Å². The number of thiophene rings is 1. The highest BCUT2D eigenvalue weighted by atomic mass is 79.9. The minimum Gasteiger partial charge on any atom is -0.314 e. The van der Waals surface area contributed by atoms with E-state index in [0.717, 1.165) is 22.3 Å². The third-order valence-corrected chi connectivity index (χ3v) is 4.61. The van der Waals surface area contributed by atoms with Crippen LogP contribution in [0.2, 0.25) is 0 Å². The largest absolute Gasteiger partial charge is 0.314 e. The summed E-state index contributed by atoms with van der Waals surface area (Å²) in [6.45, 7) is 1.07. The lowest BCUT2D eigenvalue weighted by Gasteiger charge is -2.08. The van der Waals surface area contributed by atoms with Crippen molar-refractivity contribution in [2.75, 3.05) is 6.54 Å². The Bertz CT molecular complexity index is 344. The highest BCUT2D eigenvalue weighted by molar-refractivity contribution is 9.10. The molecular weight excluding hydrogens is 274 g/mol. The van der Waals surface area contributed by atoms with E-state index < -0.39 is 0 Å². The lowest BCUT2D eigenvalue weighted by atomic mass is 10.1. The summed E-state index contributed by atoms with van der Waals surface area (Å²) in [4.78, 5) is 12.9. The summed E-state index contributed by atoms with van der Waals surface area (Å²) < 4.78 is 1.07. The molecule has 82 valence electrons. The van der Waals surface area contributed by atoms with E-state index in [2.05, 4.69) is 21.2 Å². The minimum absolute atomic E-state index is 0.345. The average molecular weight is 288 g/mol. The predicted octanol–water partition coefficient (Wildman–Crippen LogP) is 2.76. The summed E-state index contributed by atoms with van der Waals surface area (Å²) in [6.07, 6.45) is 3.62. The molecule has 0 aromatic carbocycles. The molecule has 1 saturated heterocycles. The third kappa shape index (κ3) is 3.13. The number of rotatable bonds is 4. The van der Waals surface area contributed by atoms with E-state index in [0.29, 0.717) is 24.7 Å². The second-order valence-corrected chi connectivity index (χ2v) is 5.76. The fourth-order valence-electron chi connectivity index (χ4n) is 1.91. The van der Waals surface area contributed by atoms with Crippen LogP contribution < -0.4 is 5.32 Å². The van der Waals surface area contributed by atoms with Crippen molar-refractivity contribution in [3.8, 4) is 0 Å². The van der Waals surface area contributed by atoms with Crippen molar-refractivity contribution in [1.29, 1.82) is 0 Å². The zero-order valence-corrected chi connectivity index (χ0v) is 10.9. The molecule has 0 bridgehead atoms. The van der Waals surface area contributed by atoms with E-state index >= 15 is 0 Å². The zero-order chi connectivity index (χ0) is 10.7. The highest BCUT2D eigenvalue weighted by Crippen LogP contribution is 2.24. The Morgan fingerprint density at radius 1 is 1.67 bits per heavy atom. The second-order valence-electron chi connectivity index (χ2n) is 3.90. The van der Waals surface area contributed by atoms with Gasteiger partial charge in [-0.05, 0) is 46.8 Å². The lowest BCUT2D eigenvalue weighted by Crippen LogP contribution is -2.25. The predicted molar refractivity (Wildman–Crippen MR) is 66.4 cm³/mol. The molecule has 1 atom stereocenters. The van der Waals surface area contributed by atoms with Crippen molar-refractivity contribution in [2.24, 2.45) is 0 Å². The van der Waals surface area contributed by atoms with Crippen LogP contribution in [0.15, 0.2) is 15.9 Å². The molecule has 2 rings (SSSR count). The molecule has 1 aliphatic rings. The zero-order valence-electron chi connectivity index (χ0n) is 8.46. The van der Waals surface area contributed by atoms with Crippen molar-refractivity contribution in [3.05, 3.63) is 20.8 Å². The minimum atomic E-state index is 0.345. The topological polar surface area (TPSA) is 29.1 Å². The lowest BCUT2D eigenvalue weighted by molar-refractivity contribution is -0.118. The molecule has 0 spiro atoms. The smallest absolute Gasteiger partial charge is 0.139 e. The highest BCUT2D eigenvalue weighted by Gasteiger charge is 2.18. The molecule has 1 aromatic heterocycles. The maximum absolute atomic E-state index is 11.8. The molecule has 0 saturated carbocycles. The molecular formula is C11H14BrNOS. The summed E-state index contributed by atoms with van der Waals surface area (Å²) in [5, 5.41) is 5.37. The molecule has 1 aliphatic heterocycles. The number of Topliss-reactive ketones (excluding diaryl/α,β-unsaturated/α-hetero) is 1. The number of halogens is 1. The van der Waals surface area contributed by atoms with Crippen molar-refractivity contribution in [3.63, 3.8) is 0 Å². The van der Waals surface area contributed by atoms with E-state index in [1.165, 1.54) is 6.42 Å². The first kappa shape index (κ1) is 11.3. The Morgan fingerprint density at radius 3 is 3.13 bits per heavy atom. The average Bonchev–Trinajstić information content (AvgIpc) is 2.79. The van der Waals surface area contributed by atoms with E-state index in [4.69, 9.17) is 0 Å². The molecule has 2 heterocycles. The molecule has 1 unspecified atom stereocenters. The van der Waals surface area contributed by atoms with Gasteiger partial charge in [0, 0.05) is 28.2 Å². The van der Waals surface area contributed by atoms with E-state index in [1.54, 1.807) is 11.3 Å². The van der Waals surface area contributed by atoms with Gasteiger partial charge in [0.25, 0.3) is 0 Å². The van der Waals surface area contributed by atoms with Crippen LogP contribution in [0.25, 0.3) is 0 Å². The van der Waals surface area contributed by atoms with Gasteiger partial charge in [0.1, 0.15) is 5.78 Å². The maximum Gasteiger partial charge on any atom is 0.139 e. The second kappa shape index (κ2) is 5.23. The van der Waals surface area contributed by atoms with Crippen LogP contribution in [0.1, 0.15) is 24.1 Å². The Labute approximate surface area is 102 Å². The molecule has 0 radical (unpaired) electrons. The van der Waals surface area contributed by atoms with Gasteiger partial charge in [-0.25, -0.2) is 0 Å². The van der Waals surface area contributed by atoms with Crippen LogP contribution in [-0.4, -0.2) is 18.4 Å². The molecule has 1 aromatic rings. The quantitative estimate of drug-likeness (QED) is 0.923. The standard InChI is InChI=1S/C11H14BrNOS/c12-10-3-5-15-11(10)7-9(14)6-8-2-1-4-13-8/h3,5,8,13H,1-2,4,6-7H2. The number of hydrogen-bond donors (Lipinski definition) is 1. The van der Waals surface area contributed by atoms with Gasteiger partial charge in [0.05, 0.1) is 0 Å².